The molecule has 0 bridgehead atoms. The lowest BCUT2D eigenvalue weighted by Crippen LogP contribution is -2.19. The Morgan fingerprint density at radius 3 is 2.62 bits per heavy atom. The van der Waals surface area contributed by atoms with E-state index in [-0.39, 0.29) is 6.10 Å². The third-order valence-electron chi connectivity index (χ3n) is 3.79. The van der Waals surface area contributed by atoms with Gasteiger partial charge in [0.1, 0.15) is 0 Å². The summed E-state index contributed by atoms with van der Waals surface area (Å²) in [6.07, 6.45) is 5.86. The molecule has 90 valence electrons. The monoisotopic (exact) mass is 258 g/mol. The Bertz CT molecular complexity index is 328. The summed E-state index contributed by atoms with van der Waals surface area (Å²) >= 11 is 7.46. The fourth-order valence-electron chi connectivity index (χ4n) is 2.63. The van der Waals surface area contributed by atoms with E-state index in [1.807, 2.05) is 11.4 Å². The van der Waals surface area contributed by atoms with Crippen molar-refractivity contribution in [2.45, 2.75) is 45.1 Å². The van der Waals surface area contributed by atoms with Crippen molar-refractivity contribution in [1.82, 2.24) is 0 Å². The molecule has 0 aliphatic heterocycles. The maximum Gasteiger partial charge on any atom is 0.0910 e. The molecule has 1 aromatic heterocycles. The Morgan fingerprint density at radius 2 is 2.12 bits per heavy atom. The maximum absolute atomic E-state index is 10.3. The van der Waals surface area contributed by atoms with Crippen LogP contribution >= 0.6 is 22.9 Å². The van der Waals surface area contributed by atoms with Crippen molar-refractivity contribution in [1.29, 1.82) is 0 Å². The zero-order valence-electron chi connectivity index (χ0n) is 9.66. The van der Waals surface area contributed by atoms with Crippen molar-refractivity contribution in [3.63, 3.8) is 0 Å². The van der Waals surface area contributed by atoms with Gasteiger partial charge < -0.3 is 5.11 Å². The standard InChI is InChI=1S/C13H19ClOS/c1-2-9-3-5-10(6-4-9)13(15)12-7-11(14)8-16-12/h7-10,13,15H,2-6H2,1H3. The molecule has 1 N–H and O–H groups in total. The van der Waals surface area contributed by atoms with Gasteiger partial charge in [0.05, 0.1) is 11.1 Å². The number of rotatable bonds is 3. The summed E-state index contributed by atoms with van der Waals surface area (Å²) in [4.78, 5) is 1.03. The molecule has 3 heteroatoms. The van der Waals surface area contributed by atoms with Gasteiger partial charge >= 0.3 is 0 Å². The number of halogens is 1. The third kappa shape index (κ3) is 2.79. The molecule has 0 amide bonds. The number of thiophene rings is 1. The Kier molecular flexibility index (Phi) is 4.28. The van der Waals surface area contributed by atoms with E-state index in [0.717, 1.165) is 28.7 Å². The minimum atomic E-state index is -0.296. The molecular formula is C13H19ClOS. The van der Waals surface area contributed by atoms with Crippen LogP contribution in [0.4, 0.5) is 0 Å². The minimum absolute atomic E-state index is 0.296. The van der Waals surface area contributed by atoms with Gasteiger partial charge in [-0.3, -0.25) is 0 Å². The Hall–Kier alpha value is -0.0500. The summed E-state index contributed by atoms with van der Waals surface area (Å²) in [5.41, 5.74) is 0. The van der Waals surface area contributed by atoms with Crippen LogP contribution in [0.25, 0.3) is 0 Å². The van der Waals surface area contributed by atoms with Crippen molar-refractivity contribution in [3.8, 4) is 0 Å². The maximum atomic E-state index is 10.3. The second-order valence-corrected chi connectivity index (χ2v) is 6.18. The van der Waals surface area contributed by atoms with Crippen LogP contribution in [-0.4, -0.2) is 5.11 Å². The predicted octanol–water partition coefficient (Wildman–Crippen LogP) is 4.65. The molecule has 1 heterocycles. The van der Waals surface area contributed by atoms with Crippen LogP contribution in [0, 0.1) is 11.8 Å². The molecule has 1 atom stereocenters. The Morgan fingerprint density at radius 1 is 1.44 bits per heavy atom. The highest BCUT2D eigenvalue weighted by molar-refractivity contribution is 7.10. The van der Waals surface area contributed by atoms with Gasteiger partial charge in [0, 0.05) is 10.3 Å². The average Bonchev–Trinajstić information content (AvgIpc) is 2.75. The van der Waals surface area contributed by atoms with E-state index >= 15 is 0 Å². The van der Waals surface area contributed by atoms with Gasteiger partial charge in [0.15, 0.2) is 0 Å². The largest absolute Gasteiger partial charge is 0.387 e. The first-order chi connectivity index (χ1) is 7.70. The van der Waals surface area contributed by atoms with E-state index in [1.165, 1.54) is 19.3 Å². The lowest BCUT2D eigenvalue weighted by molar-refractivity contribution is 0.0757. The van der Waals surface area contributed by atoms with Gasteiger partial charge in [-0.15, -0.1) is 11.3 Å². The zero-order valence-corrected chi connectivity index (χ0v) is 11.2. The lowest BCUT2D eigenvalue weighted by Gasteiger charge is -2.30. The van der Waals surface area contributed by atoms with Crippen molar-refractivity contribution in [3.05, 3.63) is 21.3 Å². The van der Waals surface area contributed by atoms with Crippen LogP contribution in [0.2, 0.25) is 5.02 Å². The molecule has 16 heavy (non-hydrogen) atoms. The summed E-state index contributed by atoms with van der Waals surface area (Å²) in [6, 6.07) is 1.91. The van der Waals surface area contributed by atoms with Crippen LogP contribution in [0.15, 0.2) is 11.4 Å². The van der Waals surface area contributed by atoms with E-state index in [0.29, 0.717) is 5.92 Å². The van der Waals surface area contributed by atoms with E-state index in [1.54, 1.807) is 11.3 Å². The summed E-state index contributed by atoms with van der Waals surface area (Å²) in [5, 5.41) is 12.9. The smallest absolute Gasteiger partial charge is 0.0910 e. The molecule has 0 saturated heterocycles. The topological polar surface area (TPSA) is 20.2 Å². The van der Waals surface area contributed by atoms with Gasteiger partial charge in [-0.05, 0) is 30.7 Å². The summed E-state index contributed by atoms with van der Waals surface area (Å²) in [6.45, 7) is 2.26. The van der Waals surface area contributed by atoms with Crippen molar-refractivity contribution in [2.24, 2.45) is 11.8 Å². The highest BCUT2D eigenvalue weighted by atomic mass is 35.5. The summed E-state index contributed by atoms with van der Waals surface area (Å²) in [7, 11) is 0. The molecule has 1 saturated carbocycles. The quantitative estimate of drug-likeness (QED) is 0.837. The number of hydrogen-bond acceptors (Lipinski definition) is 2. The molecule has 2 rings (SSSR count). The fourth-order valence-corrected chi connectivity index (χ4v) is 3.79. The second-order valence-electron chi connectivity index (χ2n) is 4.80. The first kappa shape index (κ1) is 12.4. The van der Waals surface area contributed by atoms with E-state index in [4.69, 9.17) is 11.6 Å². The van der Waals surface area contributed by atoms with Gasteiger partial charge in [0.25, 0.3) is 0 Å². The van der Waals surface area contributed by atoms with Gasteiger partial charge in [-0.25, -0.2) is 0 Å². The highest BCUT2D eigenvalue weighted by Gasteiger charge is 2.27. The number of hydrogen-bond donors (Lipinski definition) is 1. The van der Waals surface area contributed by atoms with Gasteiger partial charge in [-0.1, -0.05) is 37.8 Å². The van der Waals surface area contributed by atoms with Crippen LogP contribution in [0.1, 0.15) is 50.0 Å². The SMILES string of the molecule is CCC1CCC(C(O)c2cc(Cl)cs2)CC1. The van der Waals surface area contributed by atoms with Crippen molar-refractivity contribution >= 4 is 22.9 Å². The molecule has 1 fully saturated rings. The minimum Gasteiger partial charge on any atom is -0.387 e. The predicted molar refractivity (Wildman–Crippen MR) is 70.0 cm³/mol. The molecule has 1 aromatic rings. The lowest BCUT2D eigenvalue weighted by atomic mass is 9.78. The Labute approximate surface area is 106 Å². The van der Waals surface area contributed by atoms with Crippen LogP contribution in [-0.2, 0) is 0 Å². The van der Waals surface area contributed by atoms with Gasteiger partial charge in [0.2, 0.25) is 0 Å². The Balaban J connectivity index is 1.93. The van der Waals surface area contributed by atoms with E-state index < -0.39 is 0 Å². The molecule has 0 aromatic carbocycles. The van der Waals surface area contributed by atoms with Crippen molar-refractivity contribution in [2.75, 3.05) is 0 Å². The van der Waals surface area contributed by atoms with E-state index in [9.17, 15) is 5.11 Å². The first-order valence-corrected chi connectivity index (χ1v) is 7.38. The summed E-state index contributed by atoms with van der Waals surface area (Å²) < 4.78 is 0. The van der Waals surface area contributed by atoms with Crippen LogP contribution in [0.3, 0.4) is 0 Å². The zero-order chi connectivity index (χ0) is 11.5. The number of aliphatic hydroxyl groups is 1. The fraction of sp³-hybridized carbons (Fsp3) is 0.692. The van der Waals surface area contributed by atoms with Crippen molar-refractivity contribution < 1.29 is 5.11 Å². The van der Waals surface area contributed by atoms with Gasteiger partial charge in [-0.2, -0.15) is 0 Å². The number of aliphatic hydroxyl groups excluding tert-OH is 1. The normalized spacial score (nSPS) is 27.9. The van der Waals surface area contributed by atoms with Crippen LogP contribution in [0.5, 0.6) is 0 Å². The third-order valence-corrected chi connectivity index (χ3v) is 5.15. The molecule has 0 spiro atoms. The second kappa shape index (κ2) is 5.52. The molecule has 0 radical (unpaired) electrons. The highest BCUT2D eigenvalue weighted by Crippen LogP contribution is 2.39. The van der Waals surface area contributed by atoms with Crippen LogP contribution < -0.4 is 0 Å². The molecule has 1 nitrogen and oxygen atoms in total. The van der Waals surface area contributed by atoms with E-state index in [2.05, 4.69) is 6.92 Å². The summed E-state index contributed by atoms with van der Waals surface area (Å²) in [5.74, 6) is 1.33. The molecule has 1 aliphatic carbocycles. The molecule has 1 unspecified atom stereocenters. The first-order valence-electron chi connectivity index (χ1n) is 6.12. The average molecular weight is 259 g/mol. The molecular weight excluding hydrogens is 240 g/mol. The molecule has 1 aliphatic rings.